The minimum absolute atomic E-state index is 0.130. The lowest BCUT2D eigenvalue weighted by molar-refractivity contribution is 0.403. The van der Waals surface area contributed by atoms with Gasteiger partial charge >= 0.3 is 0 Å². The van der Waals surface area contributed by atoms with Crippen LogP contribution in [0.15, 0.2) is 52.3 Å². The molecule has 2 aromatic rings. The summed E-state index contributed by atoms with van der Waals surface area (Å²) in [5, 5.41) is 22.0. The lowest BCUT2D eigenvalue weighted by Crippen LogP contribution is -2.14. The Morgan fingerprint density at radius 1 is 1.05 bits per heavy atom. The molecule has 0 bridgehead atoms. The molecule has 0 atom stereocenters. The Morgan fingerprint density at radius 3 is 2.65 bits per heavy atom. The molecule has 0 amide bonds. The van der Waals surface area contributed by atoms with E-state index in [1.807, 2.05) is 30.3 Å². The van der Waals surface area contributed by atoms with Gasteiger partial charge in [-0.05, 0) is 35.9 Å². The number of fused-ring (bicyclic) bond motifs is 1. The van der Waals surface area contributed by atoms with E-state index < -0.39 is 0 Å². The van der Waals surface area contributed by atoms with Crippen LogP contribution in [-0.4, -0.2) is 15.2 Å². The Kier molecular flexibility index (Phi) is 3.38. The van der Waals surface area contributed by atoms with E-state index in [4.69, 9.17) is 12.2 Å². The number of phenolic OH excluding ortho intramolecular Hbond substituents is 2. The predicted octanol–water partition coefficient (Wildman–Crippen LogP) is 3.98. The molecule has 0 aliphatic carbocycles. The highest BCUT2D eigenvalue weighted by Gasteiger charge is 2.17. The van der Waals surface area contributed by atoms with Gasteiger partial charge in [0.2, 0.25) is 0 Å². The highest BCUT2D eigenvalue weighted by atomic mass is 32.2. The van der Waals surface area contributed by atoms with Crippen LogP contribution in [0.4, 0.5) is 5.69 Å². The summed E-state index contributed by atoms with van der Waals surface area (Å²) in [4.78, 5) is 2.67. The number of hydrogen-bond donors (Lipinski definition) is 3. The third-order valence-electron chi connectivity index (χ3n) is 2.88. The lowest BCUT2D eigenvalue weighted by Gasteiger charge is -2.20. The molecule has 2 aromatic carbocycles. The Hall–Kier alpha value is -1.98. The normalized spacial score (nSPS) is 15.8. The molecule has 0 saturated carbocycles. The number of thiocarbonyl (C=S) groups is 1. The summed E-state index contributed by atoms with van der Waals surface area (Å²) in [6, 6.07) is 12.6. The fourth-order valence-electron chi connectivity index (χ4n) is 1.88. The molecule has 0 spiro atoms. The van der Waals surface area contributed by atoms with E-state index in [1.54, 1.807) is 17.8 Å². The standard InChI is InChI=1S/C15H11NO2S2/c17-11-6-5-9(7-12(11)18)8-14-15(19)16-10-3-1-2-4-13(10)20-14/h1-8,17-18H,(H,16,19)/b14-8-. The Bertz CT molecular complexity index is 726. The maximum absolute atomic E-state index is 9.52. The van der Waals surface area contributed by atoms with Gasteiger partial charge < -0.3 is 15.5 Å². The van der Waals surface area contributed by atoms with E-state index >= 15 is 0 Å². The Balaban J connectivity index is 1.96. The zero-order valence-electron chi connectivity index (χ0n) is 10.3. The second kappa shape index (κ2) is 5.19. The molecular formula is C15H11NO2S2. The highest BCUT2D eigenvalue weighted by molar-refractivity contribution is 8.05. The van der Waals surface area contributed by atoms with Crippen molar-refractivity contribution < 1.29 is 10.2 Å². The number of nitrogens with one attached hydrogen (secondary N) is 1. The van der Waals surface area contributed by atoms with Gasteiger partial charge in [-0.2, -0.15) is 0 Å². The largest absolute Gasteiger partial charge is 0.504 e. The van der Waals surface area contributed by atoms with Crippen molar-refractivity contribution in [1.29, 1.82) is 0 Å². The number of hydrogen-bond acceptors (Lipinski definition) is 4. The van der Waals surface area contributed by atoms with Crippen LogP contribution in [0.25, 0.3) is 6.08 Å². The summed E-state index contributed by atoms with van der Waals surface area (Å²) in [6.45, 7) is 0. The number of para-hydroxylation sites is 1. The number of aromatic hydroxyl groups is 2. The van der Waals surface area contributed by atoms with E-state index in [2.05, 4.69) is 5.32 Å². The Labute approximate surface area is 126 Å². The maximum atomic E-state index is 9.52. The minimum atomic E-state index is -0.139. The van der Waals surface area contributed by atoms with Gasteiger partial charge in [-0.15, -0.1) is 0 Å². The summed E-state index contributed by atoms with van der Waals surface area (Å²) in [5.74, 6) is -0.270. The van der Waals surface area contributed by atoms with Gasteiger partial charge in [-0.25, -0.2) is 0 Å². The first-order valence-corrected chi connectivity index (χ1v) is 7.18. The van der Waals surface area contributed by atoms with E-state index in [0.29, 0.717) is 4.99 Å². The molecule has 5 heteroatoms. The fraction of sp³-hybridized carbons (Fsp3) is 0. The van der Waals surface area contributed by atoms with Crippen molar-refractivity contribution in [3.05, 3.63) is 52.9 Å². The van der Waals surface area contributed by atoms with Crippen LogP contribution in [0, 0.1) is 0 Å². The van der Waals surface area contributed by atoms with Crippen molar-refractivity contribution in [2.75, 3.05) is 5.32 Å². The van der Waals surface area contributed by atoms with Crippen molar-refractivity contribution in [1.82, 2.24) is 0 Å². The van der Waals surface area contributed by atoms with Crippen LogP contribution in [0.1, 0.15) is 5.56 Å². The van der Waals surface area contributed by atoms with Crippen molar-refractivity contribution in [2.24, 2.45) is 0 Å². The quantitative estimate of drug-likeness (QED) is 0.422. The van der Waals surface area contributed by atoms with Crippen LogP contribution in [0.5, 0.6) is 11.5 Å². The number of rotatable bonds is 1. The molecule has 1 aliphatic heterocycles. The number of anilines is 1. The molecular weight excluding hydrogens is 290 g/mol. The molecule has 3 rings (SSSR count). The summed E-state index contributed by atoms with van der Waals surface area (Å²) >= 11 is 6.93. The van der Waals surface area contributed by atoms with Crippen LogP contribution in [0.3, 0.4) is 0 Å². The summed E-state index contributed by atoms with van der Waals surface area (Å²) < 4.78 is 0. The number of thioether (sulfide) groups is 1. The summed E-state index contributed by atoms with van der Waals surface area (Å²) in [6.07, 6.45) is 1.88. The first-order chi connectivity index (χ1) is 9.63. The van der Waals surface area contributed by atoms with E-state index in [-0.39, 0.29) is 11.5 Å². The van der Waals surface area contributed by atoms with Crippen molar-refractivity contribution in [2.45, 2.75) is 4.90 Å². The first kappa shape index (κ1) is 13.0. The minimum Gasteiger partial charge on any atom is -0.504 e. The van der Waals surface area contributed by atoms with Crippen LogP contribution in [-0.2, 0) is 0 Å². The molecule has 20 heavy (non-hydrogen) atoms. The lowest BCUT2D eigenvalue weighted by atomic mass is 10.2. The van der Waals surface area contributed by atoms with Gasteiger partial charge in [0.1, 0.15) is 4.99 Å². The highest BCUT2D eigenvalue weighted by Crippen LogP contribution is 2.39. The van der Waals surface area contributed by atoms with Crippen molar-refractivity contribution in [3.8, 4) is 11.5 Å². The van der Waals surface area contributed by atoms with Gasteiger partial charge in [-0.1, -0.05) is 42.2 Å². The first-order valence-electron chi connectivity index (χ1n) is 5.95. The number of benzene rings is 2. The second-order valence-corrected chi connectivity index (χ2v) is 5.80. The van der Waals surface area contributed by atoms with Crippen LogP contribution in [0.2, 0.25) is 0 Å². The van der Waals surface area contributed by atoms with E-state index in [0.717, 1.165) is 21.1 Å². The second-order valence-electron chi connectivity index (χ2n) is 4.31. The maximum Gasteiger partial charge on any atom is 0.157 e. The summed E-state index contributed by atoms with van der Waals surface area (Å²) in [7, 11) is 0. The molecule has 1 heterocycles. The molecule has 3 N–H and O–H groups in total. The molecule has 3 nitrogen and oxygen atoms in total. The smallest absolute Gasteiger partial charge is 0.157 e. The van der Waals surface area contributed by atoms with Gasteiger partial charge in [0.25, 0.3) is 0 Å². The zero-order chi connectivity index (χ0) is 14.1. The number of phenols is 2. The zero-order valence-corrected chi connectivity index (χ0v) is 12.0. The topological polar surface area (TPSA) is 52.5 Å². The van der Waals surface area contributed by atoms with Gasteiger partial charge in [0, 0.05) is 9.80 Å². The van der Waals surface area contributed by atoms with E-state index in [9.17, 15) is 10.2 Å². The Morgan fingerprint density at radius 2 is 1.85 bits per heavy atom. The monoisotopic (exact) mass is 301 g/mol. The van der Waals surface area contributed by atoms with E-state index in [1.165, 1.54) is 12.1 Å². The molecule has 0 unspecified atom stereocenters. The van der Waals surface area contributed by atoms with Gasteiger partial charge in [-0.3, -0.25) is 0 Å². The average molecular weight is 301 g/mol. The summed E-state index contributed by atoms with van der Waals surface area (Å²) in [5.41, 5.74) is 1.79. The van der Waals surface area contributed by atoms with Crippen LogP contribution >= 0.6 is 24.0 Å². The molecule has 1 aliphatic rings. The average Bonchev–Trinajstić information content (AvgIpc) is 2.44. The third kappa shape index (κ3) is 2.50. The van der Waals surface area contributed by atoms with Gasteiger partial charge in [0.15, 0.2) is 11.5 Å². The SMILES string of the molecule is Oc1ccc(/C=C2\Sc3ccccc3NC2=S)cc1O. The molecule has 0 aromatic heterocycles. The molecule has 0 radical (unpaired) electrons. The molecule has 0 fully saturated rings. The fourth-order valence-corrected chi connectivity index (χ4v) is 3.13. The molecule has 100 valence electrons. The van der Waals surface area contributed by atoms with Crippen molar-refractivity contribution in [3.63, 3.8) is 0 Å². The van der Waals surface area contributed by atoms with Crippen LogP contribution < -0.4 is 5.32 Å². The van der Waals surface area contributed by atoms with Gasteiger partial charge in [0.05, 0.1) is 5.69 Å². The predicted molar refractivity (Wildman–Crippen MR) is 86.3 cm³/mol. The third-order valence-corrected chi connectivity index (χ3v) is 4.45. The molecule has 0 saturated heterocycles. The van der Waals surface area contributed by atoms with Crippen molar-refractivity contribution >= 4 is 40.7 Å².